The van der Waals surface area contributed by atoms with E-state index in [4.69, 9.17) is 27.9 Å². The fraction of sp³-hybridized carbons (Fsp3) is 0.316. The number of carbonyl (C=O) groups excluding carboxylic acids is 1. The molecule has 0 unspecified atom stereocenters. The van der Waals surface area contributed by atoms with E-state index in [0.29, 0.717) is 21.6 Å². The Morgan fingerprint density at radius 1 is 1.16 bits per heavy atom. The first-order chi connectivity index (χ1) is 12.0. The molecule has 134 valence electrons. The van der Waals surface area contributed by atoms with Gasteiger partial charge in [-0.2, -0.15) is 0 Å². The Labute approximate surface area is 163 Å². The zero-order chi connectivity index (χ0) is 18.2. The summed E-state index contributed by atoms with van der Waals surface area (Å²) in [4.78, 5) is 12.2. The molecule has 25 heavy (non-hydrogen) atoms. The smallest absolute Gasteiger partial charge is 0.230 e. The van der Waals surface area contributed by atoms with E-state index in [1.807, 2.05) is 36.4 Å². The van der Waals surface area contributed by atoms with Crippen molar-refractivity contribution in [2.45, 2.75) is 25.1 Å². The summed E-state index contributed by atoms with van der Waals surface area (Å²) in [6.07, 6.45) is 0.829. The molecule has 1 N–H and O–H groups in total. The number of thioether (sulfide) groups is 1. The third kappa shape index (κ3) is 6.14. The lowest BCUT2D eigenvalue weighted by molar-refractivity contribution is -0.119. The molecule has 0 aliphatic heterocycles. The van der Waals surface area contributed by atoms with E-state index in [0.717, 1.165) is 23.3 Å². The van der Waals surface area contributed by atoms with Gasteiger partial charge in [0, 0.05) is 5.75 Å². The summed E-state index contributed by atoms with van der Waals surface area (Å²) in [6.45, 7) is 2.05. The largest absolute Gasteiger partial charge is 0.497 e. The standard InChI is InChI=1S/C19H21Cl2NO2S/c1-3-18(14-5-7-15(24-2)8-6-14)22-19(23)12-25-11-13-4-9-16(20)17(21)10-13/h4-10,18H,3,11-12H2,1-2H3,(H,22,23)/t18-/m1/s1. The number of nitrogens with one attached hydrogen (secondary N) is 1. The van der Waals surface area contributed by atoms with Gasteiger partial charge in [-0.3, -0.25) is 4.79 Å². The summed E-state index contributed by atoms with van der Waals surface area (Å²) in [5.41, 5.74) is 2.13. The van der Waals surface area contributed by atoms with E-state index in [9.17, 15) is 4.79 Å². The number of halogens is 2. The van der Waals surface area contributed by atoms with Gasteiger partial charge in [0.15, 0.2) is 0 Å². The van der Waals surface area contributed by atoms with Gasteiger partial charge in [-0.05, 0) is 41.8 Å². The number of methoxy groups -OCH3 is 1. The molecule has 0 heterocycles. The fourth-order valence-electron chi connectivity index (χ4n) is 2.38. The number of hydrogen-bond acceptors (Lipinski definition) is 3. The quantitative estimate of drug-likeness (QED) is 0.638. The van der Waals surface area contributed by atoms with Crippen LogP contribution in [0.15, 0.2) is 42.5 Å². The summed E-state index contributed by atoms with van der Waals surface area (Å²) < 4.78 is 5.17. The highest BCUT2D eigenvalue weighted by Gasteiger charge is 2.13. The summed E-state index contributed by atoms with van der Waals surface area (Å²) in [7, 11) is 1.64. The second-order valence-corrected chi connectivity index (χ2v) is 7.34. The average molecular weight is 398 g/mol. The third-order valence-electron chi connectivity index (χ3n) is 3.75. The van der Waals surface area contributed by atoms with Crippen LogP contribution in [0.1, 0.15) is 30.5 Å². The molecule has 2 aromatic carbocycles. The van der Waals surface area contributed by atoms with Crippen molar-refractivity contribution < 1.29 is 9.53 Å². The molecule has 0 saturated heterocycles. The first kappa shape index (κ1) is 20.0. The van der Waals surface area contributed by atoms with E-state index >= 15 is 0 Å². The van der Waals surface area contributed by atoms with Crippen molar-refractivity contribution in [1.29, 1.82) is 0 Å². The molecular formula is C19H21Cl2NO2S. The third-order valence-corrected chi connectivity index (χ3v) is 5.49. The predicted octanol–water partition coefficient (Wildman–Crippen LogP) is 5.50. The Morgan fingerprint density at radius 2 is 1.88 bits per heavy atom. The molecule has 0 radical (unpaired) electrons. The molecule has 1 amide bonds. The van der Waals surface area contributed by atoms with Crippen LogP contribution in [0.4, 0.5) is 0 Å². The Bertz CT molecular complexity index is 707. The predicted molar refractivity (Wildman–Crippen MR) is 107 cm³/mol. The number of hydrogen-bond donors (Lipinski definition) is 1. The molecule has 0 spiro atoms. The van der Waals surface area contributed by atoms with Crippen LogP contribution >= 0.6 is 35.0 Å². The van der Waals surface area contributed by atoms with Crippen LogP contribution in [0, 0.1) is 0 Å². The van der Waals surface area contributed by atoms with Crippen molar-refractivity contribution in [2.24, 2.45) is 0 Å². The summed E-state index contributed by atoms with van der Waals surface area (Å²) in [6, 6.07) is 13.3. The maximum Gasteiger partial charge on any atom is 0.230 e. The molecule has 3 nitrogen and oxygen atoms in total. The van der Waals surface area contributed by atoms with Crippen molar-refractivity contribution in [1.82, 2.24) is 5.32 Å². The molecule has 0 saturated carbocycles. The zero-order valence-corrected chi connectivity index (χ0v) is 16.5. The second-order valence-electron chi connectivity index (χ2n) is 5.54. The number of carbonyl (C=O) groups is 1. The first-order valence-electron chi connectivity index (χ1n) is 7.98. The molecule has 0 aromatic heterocycles. The molecule has 0 bridgehead atoms. The summed E-state index contributed by atoms with van der Waals surface area (Å²) in [5, 5.41) is 4.16. The second kappa shape index (κ2) is 9.95. The zero-order valence-electron chi connectivity index (χ0n) is 14.2. The Kier molecular flexibility index (Phi) is 7.94. The van der Waals surface area contributed by atoms with Crippen LogP contribution in [0.3, 0.4) is 0 Å². The summed E-state index contributed by atoms with van der Waals surface area (Å²) in [5.74, 6) is 1.94. The minimum atomic E-state index is 0.00369. The number of amides is 1. The van der Waals surface area contributed by atoms with Crippen molar-refractivity contribution >= 4 is 40.9 Å². The maximum atomic E-state index is 12.2. The Balaban J connectivity index is 1.83. The van der Waals surface area contributed by atoms with Gasteiger partial charge in [-0.25, -0.2) is 0 Å². The van der Waals surface area contributed by atoms with E-state index in [-0.39, 0.29) is 11.9 Å². The highest BCUT2D eigenvalue weighted by molar-refractivity contribution is 7.99. The lowest BCUT2D eigenvalue weighted by Gasteiger charge is -2.17. The molecule has 0 aliphatic rings. The highest BCUT2D eigenvalue weighted by atomic mass is 35.5. The number of ether oxygens (including phenoxy) is 1. The van der Waals surface area contributed by atoms with E-state index in [1.165, 1.54) is 0 Å². The average Bonchev–Trinajstić information content (AvgIpc) is 2.63. The van der Waals surface area contributed by atoms with E-state index in [2.05, 4.69) is 12.2 Å². The van der Waals surface area contributed by atoms with Gasteiger partial charge in [0.2, 0.25) is 5.91 Å². The van der Waals surface area contributed by atoms with Gasteiger partial charge in [0.25, 0.3) is 0 Å². The van der Waals surface area contributed by atoms with Gasteiger partial charge in [-0.1, -0.05) is 48.3 Å². The molecule has 2 aromatic rings. The molecule has 0 aliphatic carbocycles. The fourth-order valence-corrected chi connectivity index (χ4v) is 3.49. The SMILES string of the molecule is CC[C@@H](NC(=O)CSCc1ccc(Cl)c(Cl)c1)c1ccc(OC)cc1. The van der Waals surface area contributed by atoms with E-state index in [1.54, 1.807) is 24.9 Å². The van der Waals surface area contributed by atoms with Crippen LogP contribution in [-0.4, -0.2) is 18.8 Å². The lowest BCUT2D eigenvalue weighted by atomic mass is 10.0. The van der Waals surface area contributed by atoms with Gasteiger partial charge < -0.3 is 10.1 Å². The van der Waals surface area contributed by atoms with Crippen molar-refractivity contribution in [3.63, 3.8) is 0 Å². The maximum absolute atomic E-state index is 12.2. The molecule has 1 atom stereocenters. The first-order valence-corrected chi connectivity index (χ1v) is 9.89. The minimum Gasteiger partial charge on any atom is -0.497 e. The topological polar surface area (TPSA) is 38.3 Å². The van der Waals surface area contributed by atoms with Gasteiger partial charge in [0.05, 0.1) is 28.9 Å². The minimum absolute atomic E-state index is 0.00369. The molecule has 0 fully saturated rings. The van der Waals surface area contributed by atoms with E-state index < -0.39 is 0 Å². The molecule has 2 rings (SSSR count). The monoisotopic (exact) mass is 397 g/mol. The van der Waals surface area contributed by atoms with Crippen LogP contribution in [-0.2, 0) is 10.5 Å². The van der Waals surface area contributed by atoms with Gasteiger partial charge in [-0.15, -0.1) is 11.8 Å². The Morgan fingerprint density at radius 3 is 2.48 bits per heavy atom. The number of rotatable bonds is 8. The molecular weight excluding hydrogens is 377 g/mol. The Hall–Kier alpha value is -1.36. The van der Waals surface area contributed by atoms with Crippen LogP contribution in [0.2, 0.25) is 10.0 Å². The summed E-state index contributed by atoms with van der Waals surface area (Å²) >= 11 is 13.5. The number of benzene rings is 2. The normalized spacial score (nSPS) is 11.8. The van der Waals surface area contributed by atoms with Crippen LogP contribution in [0.25, 0.3) is 0 Å². The van der Waals surface area contributed by atoms with Crippen LogP contribution < -0.4 is 10.1 Å². The van der Waals surface area contributed by atoms with Gasteiger partial charge >= 0.3 is 0 Å². The van der Waals surface area contributed by atoms with Crippen molar-refractivity contribution in [3.8, 4) is 5.75 Å². The van der Waals surface area contributed by atoms with Crippen molar-refractivity contribution in [3.05, 3.63) is 63.6 Å². The lowest BCUT2D eigenvalue weighted by Crippen LogP contribution is -2.29. The van der Waals surface area contributed by atoms with Gasteiger partial charge in [0.1, 0.15) is 5.75 Å². The van der Waals surface area contributed by atoms with Crippen molar-refractivity contribution in [2.75, 3.05) is 12.9 Å². The highest BCUT2D eigenvalue weighted by Crippen LogP contribution is 2.25. The van der Waals surface area contributed by atoms with Crippen LogP contribution in [0.5, 0.6) is 5.75 Å². The molecule has 6 heteroatoms.